The number of alkyl halides is 2. The lowest BCUT2D eigenvalue weighted by Gasteiger charge is -2.15. The van der Waals surface area contributed by atoms with Gasteiger partial charge in [-0.2, -0.15) is 0 Å². The predicted octanol–water partition coefficient (Wildman–Crippen LogP) is 3.03. The normalized spacial score (nSPS) is 12.5. The fourth-order valence-corrected chi connectivity index (χ4v) is 1.58. The molecule has 1 atom stereocenters. The van der Waals surface area contributed by atoms with Gasteiger partial charge in [-0.3, -0.25) is 0 Å². The van der Waals surface area contributed by atoms with E-state index < -0.39 is 17.7 Å². The largest absolute Gasteiger partial charge is 0.507 e. The Balaban J connectivity index is 3.27. The molecule has 17 heavy (non-hydrogen) atoms. The van der Waals surface area contributed by atoms with Crippen molar-refractivity contribution in [2.45, 2.75) is 25.7 Å². The Kier molecular flexibility index (Phi) is 4.43. The van der Waals surface area contributed by atoms with Crippen LogP contribution in [0.4, 0.5) is 8.78 Å². The van der Waals surface area contributed by atoms with Crippen molar-refractivity contribution in [2.24, 2.45) is 0 Å². The summed E-state index contributed by atoms with van der Waals surface area (Å²) in [4.78, 5) is 10.4. The lowest BCUT2D eigenvalue weighted by Crippen LogP contribution is -1.99. The third-order valence-corrected chi connectivity index (χ3v) is 2.59. The highest BCUT2D eigenvalue weighted by molar-refractivity contribution is 5.55. The van der Waals surface area contributed by atoms with Gasteiger partial charge in [0.05, 0.1) is 12.7 Å². The Morgan fingerprint density at radius 2 is 2.00 bits per heavy atom. The van der Waals surface area contributed by atoms with Crippen LogP contribution in [0.1, 0.15) is 36.8 Å². The van der Waals surface area contributed by atoms with Gasteiger partial charge < -0.3 is 14.6 Å². The quantitative estimate of drug-likeness (QED) is 0.810. The van der Waals surface area contributed by atoms with Gasteiger partial charge in [0.15, 0.2) is 0 Å². The summed E-state index contributed by atoms with van der Waals surface area (Å²) in [7, 11) is 1.36. The molecule has 0 bridgehead atoms. The summed E-state index contributed by atoms with van der Waals surface area (Å²) in [5, 5.41) is 9.72. The summed E-state index contributed by atoms with van der Waals surface area (Å²) in [5.74, 6) is -0.555. The standard InChI is InChI=1S/C12H14F2O3/c1-7(3-4-15)9-5-8(17-2)6-10(11(9)16)12(13)14/h4-7,12,16H,3H2,1-2H3. The molecule has 94 valence electrons. The molecule has 0 saturated heterocycles. The van der Waals surface area contributed by atoms with Crippen molar-refractivity contribution in [3.8, 4) is 11.5 Å². The highest BCUT2D eigenvalue weighted by Crippen LogP contribution is 2.39. The SMILES string of the molecule is COc1cc(C(F)F)c(O)c(C(C)CC=O)c1. The molecule has 0 saturated carbocycles. The van der Waals surface area contributed by atoms with Crippen LogP contribution in [0.2, 0.25) is 0 Å². The van der Waals surface area contributed by atoms with Crippen LogP contribution in [0, 0.1) is 0 Å². The zero-order valence-corrected chi connectivity index (χ0v) is 9.61. The summed E-state index contributed by atoms with van der Waals surface area (Å²) in [5.41, 5.74) is -0.177. The number of phenols is 1. The molecule has 1 aromatic rings. The van der Waals surface area contributed by atoms with Crippen LogP contribution in [-0.4, -0.2) is 18.5 Å². The highest BCUT2D eigenvalue weighted by atomic mass is 19.3. The number of halogens is 2. The molecule has 0 fully saturated rings. The average molecular weight is 244 g/mol. The summed E-state index contributed by atoms with van der Waals surface area (Å²) in [6.07, 6.45) is -1.94. The van der Waals surface area contributed by atoms with Gasteiger partial charge >= 0.3 is 0 Å². The minimum Gasteiger partial charge on any atom is -0.507 e. The zero-order chi connectivity index (χ0) is 13.0. The molecule has 0 aliphatic heterocycles. The second-order valence-corrected chi connectivity index (χ2v) is 3.76. The molecule has 0 aliphatic rings. The predicted molar refractivity (Wildman–Crippen MR) is 58.7 cm³/mol. The number of aromatic hydroxyl groups is 1. The first kappa shape index (κ1) is 13.4. The van der Waals surface area contributed by atoms with Gasteiger partial charge in [0.25, 0.3) is 6.43 Å². The number of hydrogen-bond acceptors (Lipinski definition) is 3. The lowest BCUT2D eigenvalue weighted by molar-refractivity contribution is -0.108. The van der Waals surface area contributed by atoms with E-state index in [0.717, 1.165) is 6.07 Å². The van der Waals surface area contributed by atoms with E-state index in [4.69, 9.17) is 4.74 Å². The molecule has 1 aromatic carbocycles. The summed E-state index contributed by atoms with van der Waals surface area (Å²) in [6.45, 7) is 1.68. The maximum Gasteiger partial charge on any atom is 0.267 e. The Morgan fingerprint density at radius 1 is 1.41 bits per heavy atom. The average Bonchev–Trinajstić information content (AvgIpc) is 2.29. The maximum absolute atomic E-state index is 12.7. The Morgan fingerprint density at radius 3 is 2.47 bits per heavy atom. The number of hydrogen-bond donors (Lipinski definition) is 1. The van der Waals surface area contributed by atoms with E-state index in [-0.39, 0.29) is 18.1 Å². The minimum atomic E-state index is -2.78. The fourth-order valence-electron chi connectivity index (χ4n) is 1.58. The van der Waals surface area contributed by atoms with Gasteiger partial charge in [0, 0.05) is 12.0 Å². The molecular formula is C12H14F2O3. The van der Waals surface area contributed by atoms with Crippen LogP contribution in [0.3, 0.4) is 0 Å². The summed E-state index contributed by atoms with van der Waals surface area (Å²) in [6, 6.07) is 2.56. The number of ether oxygens (including phenoxy) is 1. The van der Waals surface area contributed by atoms with Crippen LogP contribution >= 0.6 is 0 Å². The van der Waals surface area contributed by atoms with Gasteiger partial charge in [0.2, 0.25) is 0 Å². The van der Waals surface area contributed by atoms with Crippen molar-refractivity contribution in [3.63, 3.8) is 0 Å². The van der Waals surface area contributed by atoms with Gasteiger partial charge in [-0.25, -0.2) is 8.78 Å². The molecule has 0 radical (unpaired) electrons. The third kappa shape index (κ3) is 2.93. The minimum absolute atomic E-state index is 0.156. The van der Waals surface area contributed by atoms with Gasteiger partial charge in [-0.15, -0.1) is 0 Å². The molecular weight excluding hydrogens is 230 g/mol. The topological polar surface area (TPSA) is 46.5 Å². The smallest absolute Gasteiger partial charge is 0.267 e. The molecule has 0 amide bonds. The second kappa shape index (κ2) is 5.61. The Bertz CT molecular complexity index is 405. The first-order chi connectivity index (χ1) is 8.01. The monoisotopic (exact) mass is 244 g/mol. The number of aldehydes is 1. The van der Waals surface area contributed by atoms with E-state index in [0.29, 0.717) is 11.8 Å². The van der Waals surface area contributed by atoms with Crippen molar-refractivity contribution in [3.05, 3.63) is 23.3 Å². The van der Waals surface area contributed by atoms with Crippen LogP contribution in [0.25, 0.3) is 0 Å². The summed E-state index contributed by atoms with van der Waals surface area (Å²) < 4.78 is 30.3. The van der Waals surface area contributed by atoms with Crippen LogP contribution in [-0.2, 0) is 4.79 Å². The van der Waals surface area contributed by atoms with Crippen molar-refractivity contribution in [1.29, 1.82) is 0 Å². The number of rotatable bonds is 5. The van der Waals surface area contributed by atoms with E-state index in [1.165, 1.54) is 13.2 Å². The van der Waals surface area contributed by atoms with Crippen molar-refractivity contribution in [1.82, 2.24) is 0 Å². The molecule has 1 rings (SSSR count). The second-order valence-electron chi connectivity index (χ2n) is 3.76. The van der Waals surface area contributed by atoms with Crippen LogP contribution in [0.5, 0.6) is 11.5 Å². The van der Waals surface area contributed by atoms with Crippen LogP contribution < -0.4 is 4.74 Å². The molecule has 1 N–H and O–H groups in total. The van der Waals surface area contributed by atoms with Gasteiger partial charge in [-0.1, -0.05) is 6.92 Å². The molecule has 5 heteroatoms. The first-order valence-corrected chi connectivity index (χ1v) is 5.13. The van der Waals surface area contributed by atoms with Crippen molar-refractivity contribution in [2.75, 3.05) is 7.11 Å². The van der Waals surface area contributed by atoms with Crippen LogP contribution in [0.15, 0.2) is 12.1 Å². The fraction of sp³-hybridized carbons (Fsp3) is 0.417. The van der Waals surface area contributed by atoms with Gasteiger partial charge in [0.1, 0.15) is 17.8 Å². The van der Waals surface area contributed by atoms with E-state index in [1.807, 2.05) is 0 Å². The number of carbonyl (C=O) groups excluding carboxylic acids is 1. The molecule has 0 aliphatic carbocycles. The number of benzene rings is 1. The molecule has 0 aromatic heterocycles. The van der Waals surface area contributed by atoms with Gasteiger partial charge in [-0.05, 0) is 18.1 Å². The van der Waals surface area contributed by atoms with E-state index in [2.05, 4.69) is 0 Å². The number of carbonyl (C=O) groups is 1. The van der Waals surface area contributed by atoms with Crippen molar-refractivity contribution < 1.29 is 23.4 Å². The highest BCUT2D eigenvalue weighted by Gasteiger charge is 2.20. The third-order valence-electron chi connectivity index (χ3n) is 2.59. The Labute approximate surface area is 98.0 Å². The van der Waals surface area contributed by atoms with Crippen molar-refractivity contribution >= 4 is 6.29 Å². The molecule has 0 heterocycles. The number of phenolic OH excluding ortho intramolecular Hbond substituents is 1. The molecule has 3 nitrogen and oxygen atoms in total. The Hall–Kier alpha value is -1.65. The van der Waals surface area contributed by atoms with E-state index >= 15 is 0 Å². The first-order valence-electron chi connectivity index (χ1n) is 5.13. The number of methoxy groups -OCH3 is 1. The maximum atomic E-state index is 12.7. The summed E-state index contributed by atoms with van der Waals surface area (Å²) >= 11 is 0. The van der Waals surface area contributed by atoms with E-state index in [1.54, 1.807) is 6.92 Å². The lowest BCUT2D eigenvalue weighted by atomic mass is 9.95. The molecule has 0 spiro atoms. The molecule has 1 unspecified atom stereocenters. The zero-order valence-electron chi connectivity index (χ0n) is 9.61. The van der Waals surface area contributed by atoms with E-state index in [9.17, 15) is 18.7 Å².